The third-order valence-corrected chi connectivity index (χ3v) is 5.04. The minimum atomic E-state index is -0.211. The van der Waals surface area contributed by atoms with Crippen molar-refractivity contribution in [1.29, 1.82) is 0 Å². The number of fused-ring (bicyclic) bond motifs is 2. The first-order chi connectivity index (χ1) is 12.1. The Labute approximate surface area is 147 Å². The highest BCUT2D eigenvalue weighted by atomic mass is 16.5. The van der Waals surface area contributed by atoms with E-state index >= 15 is 0 Å². The molecule has 2 aromatic rings. The van der Waals surface area contributed by atoms with E-state index in [-0.39, 0.29) is 6.03 Å². The predicted octanol–water partition coefficient (Wildman–Crippen LogP) is 3.49. The first-order valence-electron chi connectivity index (χ1n) is 8.68. The molecule has 2 aliphatic rings. The number of aryl methyl sites for hydroxylation is 1. The Hall–Kier alpha value is -2.69. The molecule has 0 saturated heterocycles. The average molecular weight is 338 g/mol. The number of carbonyl (C=O) groups is 1. The molecule has 2 N–H and O–H groups in total. The van der Waals surface area contributed by atoms with Crippen LogP contribution >= 0.6 is 0 Å². The predicted molar refractivity (Wildman–Crippen MR) is 96.6 cm³/mol. The number of nitrogens with one attached hydrogen (secondary N) is 2. The van der Waals surface area contributed by atoms with Crippen molar-refractivity contribution in [2.45, 2.75) is 33.2 Å². The number of urea groups is 1. The summed E-state index contributed by atoms with van der Waals surface area (Å²) in [6.07, 6.45) is 1.76. The van der Waals surface area contributed by atoms with Crippen molar-refractivity contribution in [2.75, 3.05) is 18.5 Å². The van der Waals surface area contributed by atoms with Gasteiger partial charge >= 0.3 is 6.03 Å². The van der Waals surface area contributed by atoms with Gasteiger partial charge in [0.2, 0.25) is 0 Å². The van der Waals surface area contributed by atoms with Crippen molar-refractivity contribution in [2.24, 2.45) is 0 Å². The van der Waals surface area contributed by atoms with Crippen LogP contribution in [0.3, 0.4) is 0 Å². The van der Waals surface area contributed by atoms with Gasteiger partial charge in [-0.25, -0.2) is 4.79 Å². The zero-order chi connectivity index (χ0) is 17.4. The maximum absolute atomic E-state index is 12.4. The number of ether oxygens (including phenoxy) is 2. The molecule has 0 fully saturated rings. The van der Waals surface area contributed by atoms with Gasteiger partial charge in [-0.1, -0.05) is 12.1 Å². The highest BCUT2D eigenvalue weighted by molar-refractivity contribution is 5.90. The van der Waals surface area contributed by atoms with Gasteiger partial charge < -0.3 is 20.1 Å². The molecule has 2 aliphatic heterocycles. The van der Waals surface area contributed by atoms with Crippen LogP contribution in [0.15, 0.2) is 24.3 Å². The SMILES string of the molecule is Cc1cccc(NC(=O)NCc2c3c(cc4c2OCC4)OCC3)c1C. The summed E-state index contributed by atoms with van der Waals surface area (Å²) in [6, 6.07) is 7.77. The average Bonchev–Trinajstić information content (AvgIpc) is 3.24. The molecule has 0 atom stereocenters. The van der Waals surface area contributed by atoms with Crippen molar-refractivity contribution in [3.63, 3.8) is 0 Å². The molecule has 0 radical (unpaired) electrons. The second-order valence-electron chi connectivity index (χ2n) is 6.57. The lowest BCUT2D eigenvalue weighted by Crippen LogP contribution is -2.29. The number of hydrogen-bond donors (Lipinski definition) is 2. The second kappa shape index (κ2) is 6.31. The smallest absolute Gasteiger partial charge is 0.319 e. The number of hydrogen-bond acceptors (Lipinski definition) is 3. The monoisotopic (exact) mass is 338 g/mol. The Morgan fingerprint density at radius 2 is 2.00 bits per heavy atom. The van der Waals surface area contributed by atoms with Gasteiger partial charge in [0, 0.05) is 41.8 Å². The lowest BCUT2D eigenvalue weighted by Gasteiger charge is -2.15. The summed E-state index contributed by atoms with van der Waals surface area (Å²) in [5.74, 6) is 1.87. The van der Waals surface area contributed by atoms with Crippen LogP contribution in [-0.2, 0) is 19.4 Å². The molecule has 0 bridgehead atoms. The molecule has 0 saturated carbocycles. The van der Waals surface area contributed by atoms with Crippen molar-refractivity contribution in [3.05, 3.63) is 52.1 Å². The van der Waals surface area contributed by atoms with E-state index in [0.717, 1.165) is 52.3 Å². The number of benzene rings is 2. The van der Waals surface area contributed by atoms with Crippen molar-refractivity contribution >= 4 is 11.7 Å². The van der Waals surface area contributed by atoms with E-state index in [4.69, 9.17) is 9.47 Å². The van der Waals surface area contributed by atoms with Gasteiger partial charge in [-0.15, -0.1) is 0 Å². The molecule has 0 unspecified atom stereocenters. The Kier molecular flexibility index (Phi) is 3.99. The van der Waals surface area contributed by atoms with Crippen LogP contribution in [0.4, 0.5) is 10.5 Å². The van der Waals surface area contributed by atoms with E-state index in [1.54, 1.807) is 0 Å². The number of carbonyl (C=O) groups excluding carboxylic acids is 1. The third kappa shape index (κ3) is 2.90. The minimum absolute atomic E-state index is 0.211. The van der Waals surface area contributed by atoms with Gasteiger partial charge in [-0.05, 0) is 37.1 Å². The van der Waals surface area contributed by atoms with E-state index < -0.39 is 0 Å². The molecular formula is C20H22N2O3. The first-order valence-corrected chi connectivity index (χ1v) is 8.68. The lowest BCUT2D eigenvalue weighted by atomic mass is 9.99. The van der Waals surface area contributed by atoms with Crippen LogP contribution in [0.25, 0.3) is 0 Å². The highest BCUT2D eigenvalue weighted by Crippen LogP contribution is 2.40. The van der Waals surface area contributed by atoms with Crippen LogP contribution in [0.1, 0.15) is 27.8 Å². The molecule has 0 aliphatic carbocycles. The van der Waals surface area contributed by atoms with Gasteiger partial charge in [-0.2, -0.15) is 0 Å². The summed E-state index contributed by atoms with van der Waals surface area (Å²) in [5.41, 5.74) is 6.46. The Morgan fingerprint density at radius 1 is 1.16 bits per heavy atom. The minimum Gasteiger partial charge on any atom is -0.493 e. The van der Waals surface area contributed by atoms with Gasteiger partial charge in [0.25, 0.3) is 0 Å². The molecule has 2 heterocycles. The van der Waals surface area contributed by atoms with Gasteiger partial charge in [-0.3, -0.25) is 0 Å². The van der Waals surface area contributed by atoms with Crippen LogP contribution in [0.2, 0.25) is 0 Å². The molecule has 5 heteroatoms. The Balaban J connectivity index is 1.50. The standard InChI is InChI=1S/C20H22N2O3/c1-12-4-3-5-17(13(12)2)22-20(23)21-11-16-15-7-9-24-18(15)10-14-6-8-25-19(14)16/h3-5,10H,6-9,11H2,1-2H3,(H2,21,22,23). The molecule has 2 aromatic carbocycles. The molecular weight excluding hydrogens is 316 g/mol. The van der Waals surface area contributed by atoms with Crippen molar-refractivity contribution in [3.8, 4) is 11.5 Å². The van der Waals surface area contributed by atoms with Crippen molar-refractivity contribution < 1.29 is 14.3 Å². The number of amides is 2. The maximum Gasteiger partial charge on any atom is 0.319 e. The van der Waals surface area contributed by atoms with E-state index in [9.17, 15) is 4.79 Å². The summed E-state index contributed by atoms with van der Waals surface area (Å²) in [4.78, 5) is 12.4. The van der Waals surface area contributed by atoms with Crippen LogP contribution in [0, 0.1) is 13.8 Å². The molecule has 2 amide bonds. The van der Waals surface area contributed by atoms with Crippen LogP contribution < -0.4 is 20.1 Å². The summed E-state index contributed by atoms with van der Waals surface area (Å²) >= 11 is 0. The highest BCUT2D eigenvalue weighted by Gasteiger charge is 2.26. The zero-order valence-corrected chi connectivity index (χ0v) is 14.6. The molecule has 0 spiro atoms. The fourth-order valence-electron chi connectivity index (χ4n) is 3.49. The largest absolute Gasteiger partial charge is 0.493 e. The molecule has 5 nitrogen and oxygen atoms in total. The molecule has 130 valence electrons. The Morgan fingerprint density at radius 3 is 2.88 bits per heavy atom. The summed E-state index contributed by atoms with van der Waals surface area (Å²) in [7, 11) is 0. The van der Waals surface area contributed by atoms with Gasteiger partial charge in [0.1, 0.15) is 11.5 Å². The topological polar surface area (TPSA) is 59.6 Å². The number of rotatable bonds is 3. The summed E-state index contributed by atoms with van der Waals surface area (Å²) < 4.78 is 11.5. The lowest BCUT2D eigenvalue weighted by molar-refractivity contribution is 0.251. The quantitative estimate of drug-likeness (QED) is 0.900. The molecule has 25 heavy (non-hydrogen) atoms. The van der Waals surface area contributed by atoms with Crippen LogP contribution in [-0.4, -0.2) is 19.2 Å². The maximum atomic E-state index is 12.4. The van der Waals surface area contributed by atoms with E-state index in [1.165, 1.54) is 5.56 Å². The third-order valence-electron chi connectivity index (χ3n) is 5.04. The first kappa shape index (κ1) is 15.8. The molecule has 0 aromatic heterocycles. The summed E-state index contributed by atoms with van der Waals surface area (Å²) in [5, 5.41) is 5.90. The van der Waals surface area contributed by atoms with E-state index in [2.05, 4.69) is 16.7 Å². The number of anilines is 1. The second-order valence-corrected chi connectivity index (χ2v) is 6.57. The van der Waals surface area contributed by atoms with Gasteiger partial charge in [0.15, 0.2) is 0 Å². The van der Waals surface area contributed by atoms with Gasteiger partial charge in [0.05, 0.1) is 13.2 Å². The fourth-order valence-corrected chi connectivity index (χ4v) is 3.49. The van der Waals surface area contributed by atoms with E-state index in [1.807, 2.05) is 32.0 Å². The van der Waals surface area contributed by atoms with Crippen molar-refractivity contribution in [1.82, 2.24) is 5.32 Å². The van der Waals surface area contributed by atoms with Crippen LogP contribution in [0.5, 0.6) is 11.5 Å². The fraction of sp³-hybridized carbons (Fsp3) is 0.350. The van der Waals surface area contributed by atoms with E-state index in [0.29, 0.717) is 19.8 Å². The zero-order valence-electron chi connectivity index (χ0n) is 14.6. The Bertz CT molecular complexity index is 813. The normalized spacial score (nSPS) is 14.3. The molecule has 4 rings (SSSR count). The summed E-state index contributed by atoms with van der Waals surface area (Å²) in [6.45, 7) is 5.87.